The van der Waals surface area contributed by atoms with Gasteiger partial charge >= 0.3 is 5.97 Å². The van der Waals surface area contributed by atoms with Gasteiger partial charge in [-0.1, -0.05) is 26.3 Å². The summed E-state index contributed by atoms with van der Waals surface area (Å²) in [5, 5.41) is 11.4. The van der Waals surface area contributed by atoms with E-state index < -0.39 is 6.04 Å². The molecule has 3 rings (SSSR count). The molecule has 152 valence electrons. The van der Waals surface area contributed by atoms with Crippen LogP contribution >= 0.6 is 0 Å². The second kappa shape index (κ2) is 9.14. The van der Waals surface area contributed by atoms with E-state index in [1.165, 1.54) is 7.11 Å². The van der Waals surface area contributed by atoms with Crippen LogP contribution in [0.1, 0.15) is 44.9 Å². The van der Waals surface area contributed by atoms with Gasteiger partial charge in [-0.25, -0.2) is 4.79 Å². The van der Waals surface area contributed by atoms with E-state index in [9.17, 15) is 9.59 Å². The van der Waals surface area contributed by atoms with Crippen molar-refractivity contribution in [1.29, 1.82) is 0 Å². The minimum Gasteiger partial charge on any atom is -0.467 e. The van der Waals surface area contributed by atoms with E-state index in [0.717, 1.165) is 43.8 Å². The molecule has 28 heavy (non-hydrogen) atoms. The zero-order valence-electron chi connectivity index (χ0n) is 16.8. The van der Waals surface area contributed by atoms with Crippen molar-refractivity contribution >= 4 is 17.5 Å². The molecule has 0 aliphatic carbocycles. The van der Waals surface area contributed by atoms with E-state index in [2.05, 4.69) is 20.4 Å². The van der Waals surface area contributed by atoms with Crippen molar-refractivity contribution < 1.29 is 14.3 Å². The van der Waals surface area contributed by atoms with E-state index in [4.69, 9.17) is 4.74 Å². The Kier molecular flexibility index (Phi) is 6.61. The molecule has 0 radical (unpaired) electrons. The van der Waals surface area contributed by atoms with Gasteiger partial charge in [0.15, 0.2) is 5.65 Å². The molecule has 2 atom stereocenters. The van der Waals surface area contributed by atoms with Crippen LogP contribution in [0.25, 0.3) is 5.65 Å². The minimum absolute atomic E-state index is 0.0309. The fraction of sp³-hybridized carbons (Fsp3) is 0.600. The number of amides is 1. The molecule has 0 bridgehead atoms. The number of rotatable bonds is 7. The van der Waals surface area contributed by atoms with Crippen LogP contribution in [0.3, 0.4) is 0 Å². The van der Waals surface area contributed by atoms with Gasteiger partial charge in [-0.05, 0) is 44.0 Å². The molecule has 1 N–H and O–H groups in total. The number of hydrogen-bond donors (Lipinski definition) is 1. The fourth-order valence-corrected chi connectivity index (χ4v) is 3.71. The number of carbonyl (C=O) groups is 2. The first kappa shape index (κ1) is 20.3. The Bertz CT molecular complexity index is 813. The molecule has 1 aliphatic heterocycles. The van der Waals surface area contributed by atoms with Crippen molar-refractivity contribution in [3.05, 3.63) is 30.2 Å². The van der Waals surface area contributed by atoms with Gasteiger partial charge in [-0.3, -0.25) is 14.1 Å². The quantitative estimate of drug-likeness (QED) is 0.726. The average molecular weight is 387 g/mol. The molecule has 1 aliphatic rings. The number of carbonyl (C=O) groups excluding carboxylic acids is 2. The van der Waals surface area contributed by atoms with Gasteiger partial charge < -0.3 is 10.1 Å². The van der Waals surface area contributed by atoms with E-state index in [1.54, 1.807) is 0 Å². The molecule has 0 saturated carbocycles. The van der Waals surface area contributed by atoms with Crippen molar-refractivity contribution in [2.75, 3.05) is 26.7 Å². The van der Waals surface area contributed by atoms with Crippen molar-refractivity contribution in [3.8, 4) is 0 Å². The number of piperidine rings is 1. The fourth-order valence-electron chi connectivity index (χ4n) is 3.71. The summed E-state index contributed by atoms with van der Waals surface area (Å²) in [6.07, 6.45) is 4.63. The molecule has 2 aromatic heterocycles. The van der Waals surface area contributed by atoms with Gasteiger partial charge in [0.05, 0.1) is 13.7 Å². The summed E-state index contributed by atoms with van der Waals surface area (Å²) in [5.74, 6) is 0.826. The third kappa shape index (κ3) is 4.49. The number of nitrogens with zero attached hydrogens (tertiary/aromatic N) is 4. The molecule has 1 amide bonds. The summed E-state index contributed by atoms with van der Waals surface area (Å²) in [7, 11) is 1.35. The first-order chi connectivity index (χ1) is 13.5. The number of fused-ring (bicyclic) bond motifs is 1. The van der Waals surface area contributed by atoms with Crippen LogP contribution in [0.2, 0.25) is 0 Å². The highest BCUT2D eigenvalue weighted by Gasteiger charge is 2.29. The number of nitrogens with one attached hydrogen (secondary N) is 1. The van der Waals surface area contributed by atoms with E-state index >= 15 is 0 Å². The predicted molar refractivity (Wildman–Crippen MR) is 105 cm³/mol. The standard InChI is InChI=1S/C20H29N5O3/c1-4-14(2)18(20(27)28-3)21-17(26)13-24-11-8-15(9-12-24)19-23-22-16-7-5-6-10-25(16)19/h5-7,10,14-15,18H,4,8-9,11-13H2,1-3H3,(H,21,26). The molecule has 2 aromatic rings. The highest BCUT2D eigenvalue weighted by Crippen LogP contribution is 2.26. The van der Waals surface area contributed by atoms with Gasteiger partial charge in [0.25, 0.3) is 0 Å². The molecule has 2 unspecified atom stereocenters. The normalized spacial score (nSPS) is 18.0. The Morgan fingerprint density at radius 2 is 2.04 bits per heavy atom. The summed E-state index contributed by atoms with van der Waals surface area (Å²) in [5.41, 5.74) is 0.859. The van der Waals surface area contributed by atoms with Crippen molar-refractivity contribution in [2.45, 2.75) is 45.1 Å². The maximum atomic E-state index is 12.5. The topological polar surface area (TPSA) is 88.8 Å². The summed E-state index contributed by atoms with van der Waals surface area (Å²) in [4.78, 5) is 26.5. The zero-order chi connectivity index (χ0) is 20.1. The molecule has 0 spiro atoms. The second-order valence-electron chi connectivity index (χ2n) is 7.49. The Balaban J connectivity index is 1.53. The lowest BCUT2D eigenvalue weighted by Crippen LogP contribution is -2.49. The summed E-state index contributed by atoms with van der Waals surface area (Å²) in [6, 6.07) is 5.29. The maximum Gasteiger partial charge on any atom is 0.328 e. The summed E-state index contributed by atoms with van der Waals surface area (Å²) < 4.78 is 6.88. The van der Waals surface area contributed by atoms with Crippen molar-refractivity contribution in [2.24, 2.45) is 5.92 Å². The number of pyridine rings is 1. The number of aromatic nitrogens is 3. The van der Waals surface area contributed by atoms with Crippen molar-refractivity contribution in [3.63, 3.8) is 0 Å². The Hall–Kier alpha value is -2.48. The zero-order valence-corrected chi connectivity index (χ0v) is 16.8. The minimum atomic E-state index is -0.595. The van der Waals surface area contributed by atoms with Crippen LogP contribution in [0.15, 0.2) is 24.4 Å². The molecule has 0 aromatic carbocycles. The predicted octanol–water partition coefficient (Wildman–Crippen LogP) is 1.61. The summed E-state index contributed by atoms with van der Waals surface area (Å²) in [6.45, 7) is 5.84. The van der Waals surface area contributed by atoms with Crippen LogP contribution < -0.4 is 5.32 Å². The third-order valence-corrected chi connectivity index (χ3v) is 5.64. The Morgan fingerprint density at radius 3 is 2.71 bits per heavy atom. The van der Waals surface area contributed by atoms with Crippen LogP contribution in [0, 0.1) is 5.92 Å². The molecular weight excluding hydrogens is 358 g/mol. The maximum absolute atomic E-state index is 12.5. The smallest absolute Gasteiger partial charge is 0.328 e. The Morgan fingerprint density at radius 1 is 1.29 bits per heavy atom. The lowest BCUT2D eigenvalue weighted by Gasteiger charge is -2.31. The highest BCUT2D eigenvalue weighted by molar-refractivity contribution is 5.85. The lowest BCUT2D eigenvalue weighted by atomic mass is 9.96. The molecule has 8 heteroatoms. The van der Waals surface area contributed by atoms with Crippen molar-refractivity contribution in [1.82, 2.24) is 24.8 Å². The number of hydrogen-bond acceptors (Lipinski definition) is 6. The van der Waals surface area contributed by atoms with Crippen LogP contribution in [-0.4, -0.2) is 64.2 Å². The molecule has 1 fully saturated rings. The molecule has 8 nitrogen and oxygen atoms in total. The monoisotopic (exact) mass is 387 g/mol. The molecular formula is C20H29N5O3. The number of methoxy groups -OCH3 is 1. The SMILES string of the molecule is CCC(C)C(NC(=O)CN1CCC(c2nnc3ccccn23)CC1)C(=O)OC. The lowest BCUT2D eigenvalue weighted by molar-refractivity contribution is -0.146. The number of esters is 1. The van der Waals surface area contributed by atoms with E-state index in [-0.39, 0.29) is 24.3 Å². The molecule has 3 heterocycles. The number of likely N-dealkylation sites (tertiary alicyclic amines) is 1. The molecule has 1 saturated heterocycles. The first-order valence-electron chi connectivity index (χ1n) is 9.92. The van der Waals surface area contributed by atoms with Crippen LogP contribution in [0.5, 0.6) is 0 Å². The first-order valence-corrected chi connectivity index (χ1v) is 9.92. The van der Waals surface area contributed by atoms with E-state index in [0.29, 0.717) is 5.92 Å². The van der Waals surface area contributed by atoms with Gasteiger partial charge in [0.2, 0.25) is 5.91 Å². The largest absolute Gasteiger partial charge is 0.467 e. The van der Waals surface area contributed by atoms with Gasteiger partial charge in [0.1, 0.15) is 11.9 Å². The second-order valence-corrected chi connectivity index (χ2v) is 7.49. The highest BCUT2D eigenvalue weighted by atomic mass is 16.5. The average Bonchev–Trinajstić information content (AvgIpc) is 3.15. The van der Waals surface area contributed by atoms with Gasteiger partial charge in [-0.2, -0.15) is 0 Å². The summed E-state index contributed by atoms with van der Waals surface area (Å²) >= 11 is 0. The van der Waals surface area contributed by atoms with Gasteiger partial charge in [-0.15, -0.1) is 10.2 Å². The van der Waals surface area contributed by atoms with Gasteiger partial charge in [0, 0.05) is 12.1 Å². The van der Waals surface area contributed by atoms with Crippen LogP contribution in [-0.2, 0) is 14.3 Å². The third-order valence-electron chi connectivity index (χ3n) is 5.64. The number of ether oxygens (including phenoxy) is 1. The van der Waals surface area contributed by atoms with E-state index in [1.807, 2.05) is 42.6 Å². The Labute approximate surface area is 165 Å². The van der Waals surface area contributed by atoms with Crippen LogP contribution in [0.4, 0.5) is 0 Å².